The molecule has 0 saturated carbocycles. The molecule has 0 heterocycles. The van der Waals surface area contributed by atoms with Gasteiger partial charge in [-0.25, -0.2) is 0 Å². The Morgan fingerprint density at radius 1 is 1.44 bits per heavy atom. The van der Waals surface area contributed by atoms with Crippen LogP contribution in [0.1, 0.15) is 25.5 Å². The molecule has 0 bridgehead atoms. The van der Waals surface area contributed by atoms with E-state index in [1.54, 1.807) is 13.0 Å². The van der Waals surface area contributed by atoms with E-state index in [1.807, 2.05) is 25.1 Å². The molecule has 16 heavy (non-hydrogen) atoms. The van der Waals surface area contributed by atoms with Crippen LogP contribution in [0.5, 0.6) is 0 Å². The van der Waals surface area contributed by atoms with Gasteiger partial charge >= 0.3 is 0 Å². The minimum Gasteiger partial charge on any atom is -0.372 e. The van der Waals surface area contributed by atoms with Crippen molar-refractivity contribution in [1.82, 2.24) is 5.32 Å². The van der Waals surface area contributed by atoms with Crippen LogP contribution in [0, 0.1) is 0 Å². The minimum atomic E-state index is -0.443. The van der Waals surface area contributed by atoms with Gasteiger partial charge in [-0.2, -0.15) is 0 Å². The van der Waals surface area contributed by atoms with E-state index < -0.39 is 6.10 Å². The zero-order valence-electron chi connectivity index (χ0n) is 9.66. The number of methoxy groups -OCH3 is 1. The van der Waals surface area contributed by atoms with Gasteiger partial charge in [0.2, 0.25) is 5.91 Å². The van der Waals surface area contributed by atoms with Crippen LogP contribution in [-0.2, 0) is 9.53 Å². The lowest BCUT2D eigenvalue weighted by Crippen LogP contribution is -2.35. The number of ether oxygens (including phenoxy) is 1. The average molecular weight is 242 g/mol. The number of nitrogens with one attached hydrogen (secondary N) is 1. The fourth-order valence-corrected chi connectivity index (χ4v) is 1.50. The maximum absolute atomic E-state index is 11.6. The Morgan fingerprint density at radius 3 is 2.69 bits per heavy atom. The maximum atomic E-state index is 11.6. The van der Waals surface area contributed by atoms with Crippen LogP contribution in [-0.4, -0.2) is 19.1 Å². The fourth-order valence-electron chi connectivity index (χ4n) is 1.30. The van der Waals surface area contributed by atoms with Crippen molar-refractivity contribution in [3.8, 4) is 0 Å². The number of hydrogen-bond donors (Lipinski definition) is 1. The first-order chi connectivity index (χ1) is 7.54. The van der Waals surface area contributed by atoms with Crippen molar-refractivity contribution in [3.05, 3.63) is 34.9 Å². The Bertz CT molecular complexity index is 368. The molecule has 0 spiro atoms. The number of rotatable bonds is 4. The van der Waals surface area contributed by atoms with Gasteiger partial charge in [-0.05, 0) is 31.5 Å². The molecule has 88 valence electrons. The van der Waals surface area contributed by atoms with Crippen molar-refractivity contribution in [2.45, 2.75) is 26.0 Å². The first-order valence-corrected chi connectivity index (χ1v) is 5.51. The minimum absolute atomic E-state index is 0.0798. The number of carbonyl (C=O) groups excluding carboxylic acids is 1. The van der Waals surface area contributed by atoms with E-state index in [-0.39, 0.29) is 11.9 Å². The zero-order valence-corrected chi connectivity index (χ0v) is 10.4. The largest absolute Gasteiger partial charge is 0.372 e. The van der Waals surface area contributed by atoms with Crippen LogP contribution in [0.2, 0.25) is 5.02 Å². The fraction of sp³-hybridized carbons (Fsp3) is 0.417. The van der Waals surface area contributed by atoms with Crippen molar-refractivity contribution in [3.63, 3.8) is 0 Å². The molecular weight excluding hydrogens is 226 g/mol. The van der Waals surface area contributed by atoms with E-state index in [4.69, 9.17) is 16.3 Å². The van der Waals surface area contributed by atoms with E-state index >= 15 is 0 Å². The van der Waals surface area contributed by atoms with Gasteiger partial charge in [-0.3, -0.25) is 4.79 Å². The summed E-state index contributed by atoms with van der Waals surface area (Å²) in [6, 6.07) is 7.35. The highest BCUT2D eigenvalue weighted by Crippen LogP contribution is 2.17. The summed E-state index contributed by atoms with van der Waals surface area (Å²) in [4.78, 5) is 11.6. The van der Waals surface area contributed by atoms with Gasteiger partial charge in [0.25, 0.3) is 0 Å². The summed E-state index contributed by atoms with van der Waals surface area (Å²) in [6.45, 7) is 3.62. The molecule has 0 aliphatic heterocycles. The molecule has 1 amide bonds. The predicted molar refractivity (Wildman–Crippen MR) is 64.5 cm³/mol. The molecule has 1 aromatic carbocycles. The summed E-state index contributed by atoms with van der Waals surface area (Å²) in [7, 11) is 1.51. The Labute approximate surface area is 101 Å². The van der Waals surface area contributed by atoms with Gasteiger partial charge in [-0.15, -0.1) is 0 Å². The van der Waals surface area contributed by atoms with Crippen molar-refractivity contribution in [1.29, 1.82) is 0 Å². The molecule has 0 saturated heterocycles. The quantitative estimate of drug-likeness (QED) is 0.880. The van der Waals surface area contributed by atoms with Crippen molar-refractivity contribution < 1.29 is 9.53 Å². The maximum Gasteiger partial charge on any atom is 0.249 e. The molecule has 3 nitrogen and oxygen atoms in total. The zero-order chi connectivity index (χ0) is 12.1. The van der Waals surface area contributed by atoms with Gasteiger partial charge < -0.3 is 10.1 Å². The van der Waals surface area contributed by atoms with Crippen LogP contribution in [0.3, 0.4) is 0 Å². The molecule has 4 heteroatoms. The van der Waals surface area contributed by atoms with Gasteiger partial charge in [0.1, 0.15) is 6.10 Å². The van der Waals surface area contributed by atoms with Crippen LogP contribution in [0.4, 0.5) is 0 Å². The van der Waals surface area contributed by atoms with E-state index in [2.05, 4.69) is 5.32 Å². The van der Waals surface area contributed by atoms with Gasteiger partial charge in [0, 0.05) is 12.1 Å². The number of benzene rings is 1. The molecule has 1 N–H and O–H groups in total. The van der Waals surface area contributed by atoms with Crippen molar-refractivity contribution in [2.24, 2.45) is 0 Å². The normalized spacial score (nSPS) is 14.2. The second-order valence-corrected chi connectivity index (χ2v) is 4.10. The Balaban J connectivity index is 2.65. The highest BCUT2D eigenvalue weighted by atomic mass is 35.5. The lowest BCUT2D eigenvalue weighted by atomic mass is 10.1. The molecule has 0 radical (unpaired) electrons. The SMILES string of the molecule is COC(C)C(=O)NC(C)c1cccc(Cl)c1. The Kier molecular flexibility index (Phi) is 4.77. The molecule has 1 aromatic rings. The average Bonchev–Trinajstić information content (AvgIpc) is 2.27. The third-order valence-electron chi connectivity index (χ3n) is 2.43. The van der Waals surface area contributed by atoms with Crippen LogP contribution >= 0.6 is 11.6 Å². The van der Waals surface area contributed by atoms with E-state index in [0.29, 0.717) is 5.02 Å². The third-order valence-corrected chi connectivity index (χ3v) is 2.67. The number of hydrogen-bond acceptors (Lipinski definition) is 2. The van der Waals surface area contributed by atoms with Crippen molar-refractivity contribution in [2.75, 3.05) is 7.11 Å². The van der Waals surface area contributed by atoms with E-state index in [1.165, 1.54) is 7.11 Å². The summed E-state index contributed by atoms with van der Waals surface area (Å²) in [5, 5.41) is 3.52. The molecule has 1 rings (SSSR count). The molecule has 0 aliphatic carbocycles. The number of amides is 1. The monoisotopic (exact) mass is 241 g/mol. The van der Waals surface area contributed by atoms with Gasteiger partial charge in [0.15, 0.2) is 0 Å². The van der Waals surface area contributed by atoms with E-state index in [9.17, 15) is 4.79 Å². The summed E-state index contributed by atoms with van der Waals surface area (Å²) in [5.74, 6) is -0.130. The molecular formula is C12H16ClNO2. The van der Waals surface area contributed by atoms with Crippen LogP contribution in [0.15, 0.2) is 24.3 Å². The van der Waals surface area contributed by atoms with Crippen LogP contribution in [0.25, 0.3) is 0 Å². The third kappa shape index (κ3) is 3.51. The molecule has 0 aliphatic rings. The summed E-state index contributed by atoms with van der Waals surface area (Å²) in [6.07, 6.45) is -0.443. The lowest BCUT2D eigenvalue weighted by Gasteiger charge is -2.17. The molecule has 2 atom stereocenters. The highest BCUT2D eigenvalue weighted by Gasteiger charge is 2.15. The first kappa shape index (κ1) is 13.0. The Morgan fingerprint density at radius 2 is 2.12 bits per heavy atom. The summed E-state index contributed by atoms with van der Waals surface area (Å²) < 4.78 is 4.93. The van der Waals surface area contributed by atoms with Crippen molar-refractivity contribution >= 4 is 17.5 Å². The molecule has 2 unspecified atom stereocenters. The first-order valence-electron chi connectivity index (χ1n) is 5.13. The molecule has 0 fully saturated rings. The predicted octanol–water partition coefficient (Wildman–Crippen LogP) is 2.55. The number of carbonyl (C=O) groups is 1. The summed E-state index contributed by atoms with van der Waals surface area (Å²) >= 11 is 5.88. The lowest BCUT2D eigenvalue weighted by molar-refractivity contribution is -0.130. The Hall–Kier alpha value is -1.06. The standard InChI is InChI=1S/C12H16ClNO2/c1-8(14-12(15)9(2)16-3)10-5-4-6-11(13)7-10/h4-9H,1-3H3,(H,14,15). The van der Waals surface area contributed by atoms with E-state index in [0.717, 1.165) is 5.56 Å². The summed E-state index contributed by atoms with van der Waals surface area (Å²) in [5.41, 5.74) is 0.976. The topological polar surface area (TPSA) is 38.3 Å². The second-order valence-electron chi connectivity index (χ2n) is 3.66. The van der Waals surface area contributed by atoms with Crippen LogP contribution < -0.4 is 5.32 Å². The van der Waals surface area contributed by atoms with Gasteiger partial charge in [-0.1, -0.05) is 23.7 Å². The number of halogens is 1. The molecule has 0 aromatic heterocycles. The smallest absolute Gasteiger partial charge is 0.249 e. The highest BCUT2D eigenvalue weighted by molar-refractivity contribution is 6.30. The second kappa shape index (κ2) is 5.87. The van der Waals surface area contributed by atoms with Gasteiger partial charge in [0.05, 0.1) is 6.04 Å².